The van der Waals surface area contributed by atoms with Crippen molar-refractivity contribution in [3.8, 4) is 0 Å². The molecule has 0 saturated carbocycles. The molecule has 1 N–H and O–H groups in total. The summed E-state index contributed by atoms with van der Waals surface area (Å²) in [5, 5.41) is 3.34. The van der Waals surface area contributed by atoms with Crippen LogP contribution in [0.25, 0.3) is 0 Å². The number of unbranched alkanes of at least 4 members (excludes halogenated alkanes) is 9. The third-order valence-corrected chi connectivity index (χ3v) is 5.42. The molecule has 4 nitrogen and oxygen atoms in total. The van der Waals surface area contributed by atoms with Crippen molar-refractivity contribution in [3.05, 3.63) is 28.8 Å². The van der Waals surface area contributed by atoms with Crippen LogP contribution >= 0.6 is 11.6 Å². The van der Waals surface area contributed by atoms with Crippen molar-refractivity contribution in [2.75, 3.05) is 11.4 Å². The lowest BCUT2D eigenvalue weighted by molar-refractivity contribution is -0.126. The predicted octanol–water partition coefficient (Wildman–Crippen LogP) is 5.78. The molecule has 1 heterocycles. The van der Waals surface area contributed by atoms with E-state index >= 15 is 0 Å². The molecular formula is C22H33ClN2O2. The van der Waals surface area contributed by atoms with Gasteiger partial charge >= 0.3 is 0 Å². The van der Waals surface area contributed by atoms with Crippen molar-refractivity contribution >= 4 is 29.1 Å². The number of halogens is 1. The minimum absolute atomic E-state index is 0.0570. The number of carbonyl (C=O) groups excluding carboxylic acids is 2. The van der Waals surface area contributed by atoms with Gasteiger partial charge in [0.2, 0.25) is 5.91 Å². The van der Waals surface area contributed by atoms with Gasteiger partial charge in [-0.25, -0.2) is 0 Å². The molecule has 2 rings (SSSR count). The van der Waals surface area contributed by atoms with E-state index in [2.05, 4.69) is 12.2 Å². The zero-order valence-corrected chi connectivity index (χ0v) is 17.5. The highest BCUT2D eigenvalue weighted by Gasteiger charge is 2.37. The number of rotatable bonds is 12. The average Bonchev–Trinajstić information content (AvgIpc) is 2.88. The number of benzene rings is 1. The molecule has 0 aromatic heterocycles. The number of hydrogen-bond acceptors (Lipinski definition) is 2. The first-order chi connectivity index (χ1) is 13.0. The monoisotopic (exact) mass is 392 g/mol. The summed E-state index contributed by atoms with van der Waals surface area (Å²) >= 11 is 6.09. The number of nitrogens with one attached hydrogen (secondary N) is 1. The molecule has 0 spiro atoms. The topological polar surface area (TPSA) is 49.4 Å². The van der Waals surface area contributed by atoms with E-state index in [0.29, 0.717) is 11.6 Å². The van der Waals surface area contributed by atoms with Crippen LogP contribution in [0.15, 0.2) is 18.2 Å². The van der Waals surface area contributed by atoms with Crippen molar-refractivity contribution in [3.63, 3.8) is 0 Å². The van der Waals surface area contributed by atoms with E-state index in [9.17, 15) is 9.59 Å². The first-order valence-electron chi connectivity index (χ1n) is 10.4. The highest BCUT2D eigenvalue weighted by Crippen LogP contribution is 2.37. The van der Waals surface area contributed by atoms with Crippen LogP contribution in [0.1, 0.15) is 89.7 Å². The van der Waals surface area contributed by atoms with Crippen molar-refractivity contribution in [1.82, 2.24) is 5.32 Å². The normalized spacial score (nSPS) is 15.9. The minimum Gasteiger partial charge on any atom is -0.341 e. The molecule has 0 fully saturated rings. The Morgan fingerprint density at radius 3 is 2.22 bits per heavy atom. The molecule has 1 aliphatic heterocycles. The SMILES string of the molecule is CCCCCCCCCCCCN1C(=O)C(NC(C)=O)c2cc(Cl)ccc21. The van der Waals surface area contributed by atoms with Gasteiger partial charge in [-0.2, -0.15) is 0 Å². The molecule has 0 aliphatic carbocycles. The van der Waals surface area contributed by atoms with Crippen LogP contribution in [-0.2, 0) is 9.59 Å². The summed E-state index contributed by atoms with van der Waals surface area (Å²) < 4.78 is 0. The van der Waals surface area contributed by atoms with Crippen molar-refractivity contribution in [2.45, 2.75) is 84.1 Å². The summed E-state index contributed by atoms with van der Waals surface area (Å²) in [4.78, 5) is 26.0. The number of carbonyl (C=O) groups is 2. The highest BCUT2D eigenvalue weighted by molar-refractivity contribution is 6.31. The number of amides is 2. The lowest BCUT2D eigenvalue weighted by Crippen LogP contribution is -2.37. The van der Waals surface area contributed by atoms with Gasteiger partial charge in [0.1, 0.15) is 6.04 Å². The zero-order valence-electron chi connectivity index (χ0n) is 16.7. The van der Waals surface area contributed by atoms with Crippen LogP contribution in [0.4, 0.5) is 5.69 Å². The second kappa shape index (κ2) is 11.3. The Bertz CT molecular complexity index is 633. The van der Waals surface area contributed by atoms with E-state index in [-0.39, 0.29) is 11.8 Å². The Balaban J connectivity index is 1.76. The lowest BCUT2D eigenvalue weighted by atomic mass is 10.1. The second-order valence-electron chi connectivity index (χ2n) is 7.51. The minimum atomic E-state index is -0.612. The molecule has 1 unspecified atom stereocenters. The molecular weight excluding hydrogens is 360 g/mol. The number of anilines is 1. The van der Waals surface area contributed by atoms with E-state index < -0.39 is 6.04 Å². The predicted molar refractivity (Wildman–Crippen MR) is 112 cm³/mol. The molecule has 1 atom stereocenters. The fourth-order valence-electron chi connectivity index (χ4n) is 3.74. The molecule has 1 aromatic carbocycles. The largest absolute Gasteiger partial charge is 0.341 e. The van der Waals surface area contributed by atoms with Gasteiger partial charge in [-0.3, -0.25) is 9.59 Å². The van der Waals surface area contributed by atoms with Crippen LogP contribution < -0.4 is 10.2 Å². The van der Waals surface area contributed by atoms with Gasteiger partial charge in [0.15, 0.2) is 0 Å². The molecule has 27 heavy (non-hydrogen) atoms. The fraction of sp³-hybridized carbons (Fsp3) is 0.636. The van der Waals surface area contributed by atoms with Crippen LogP contribution in [0.3, 0.4) is 0 Å². The van der Waals surface area contributed by atoms with Gasteiger partial charge in [-0.1, -0.05) is 76.3 Å². The number of hydrogen-bond donors (Lipinski definition) is 1. The van der Waals surface area contributed by atoms with Gasteiger partial charge in [0.05, 0.1) is 0 Å². The van der Waals surface area contributed by atoms with Gasteiger partial charge in [0.25, 0.3) is 5.91 Å². The van der Waals surface area contributed by atoms with Crippen molar-refractivity contribution in [2.24, 2.45) is 0 Å². The van der Waals surface area contributed by atoms with Crippen LogP contribution in [0.5, 0.6) is 0 Å². The summed E-state index contributed by atoms with van der Waals surface area (Å²) in [7, 11) is 0. The standard InChI is InChI=1S/C22H33ClN2O2/c1-3-4-5-6-7-8-9-10-11-12-15-25-20-14-13-18(23)16-19(20)21(22(25)27)24-17(2)26/h13-14,16,21H,3-12,15H2,1-2H3,(H,24,26). The first kappa shape index (κ1) is 21.7. The number of fused-ring (bicyclic) bond motifs is 1. The maximum absolute atomic E-state index is 12.8. The molecule has 1 aliphatic rings. The first-order valence-corrected chi connectivity index (χ1v) is 10.8. The van der Waals surface area contributed by atoms with Gasteiger partial charge in [-0.15, -0.1) is 0 Å². The Kier molecular flexibility index (Phi) is 9.12. The lowest BCUT2D eigenvalue weighted by Gasteiger charge is -2.18. The van der Waals surface area contributed by atoms with Crippen LogP contribution in [0.2, 0.25) is 5.02 Å². The van der Waals surface area contributed by atoms with Gasteiger partial charge in [-0.05, 0) is 24.6 Å². The van der Waals surface area contributed by atoms with E-state index in [0.717, 1.165) is 24.1 Å². The van der Waals surface area contributed by atoms with Crippen molar-refractivity contribution < 1.29 is 9.59 Å². The zero-order chi connectivity index (χ0) is 19.6. The van der Waals surface area contributed by atoms with Crippen molar-refractivity contribution in [1.29, 1.82) is 0 Å². The van der Waals surface area contributed by atoms with E-state index in [4.69, 9.17) is 11.6 Å². The molecule has 0 radical (unpaired) electrons. The van der Waals surface area contributed by atoms with E-state index in [1.807, 2.05) is 6.07 Å². The quantitative estimate of drug-likeness (QED) is 0.458. The van der Waals surface area contributed by atoms with Gasteiger partial charge in [0, 0.05) is 29.7 Å². The molecule has 0 bridgehead atoms. The van der Waals surface area contributed by atoms with Crippen LogP contribution in [0, 0.1) is 0 Å². The molecule has 0 saturated heterocycles. The highest BCUT2D eigenvalue weighted by atomic mass is 35.5. The summed E-state index contributed by atoms with van der Waals surface area (Å²) in [6.07, 6.45) is 12.7. The maximum Gasteiger partial charge on any atom is 0.254 e. The summed E-state index contributed by atoms with van der Waals surface area (Å²) in [6.45, 7) is 4.37. The summed E-state index contributed by atoms with van der Waals surface area (Å²) in [5.74, 6) is -0.265. The summed E-state index contributed by atoms with van der Waals surface area (Å²) in [5.41, 5.74) is 1.67. The Morgan fingerprint density at radius 2 is 1.63 bits per heavy atom. The molecule has 150 valence electrons. The Labute approximate surface area is 168 Å². The average molecular weight is 393 g/mol. The Hall–Kier alpha value is -1.55. The third-order valence-electron chi connectivity index (χ3n) is 5.19. The van der Waals surface area contributed by atoms with E-state index in [1.165, 1.54) is 58.3 Å². The third kappa shape index (κ3) is 6.53. The number of nitrogens with zero attached hydrogens (tertiary/aromatic N) is 1. The smallest absolute Gasteiger partial charge is 0.254 e. The molecule has 2 amide bonds. The fourth-order valence-corrected chi connectivity index (χ4v) is 3.92. The second-order valence-corrected chi connectivity index (χ2v) is 7.94. The molecule has 1 aromatic rings. The van der Waals surface area contributed by atoms with Gasteiger partial charge < -0.3 is 10.2 Å². The Morgan fingerprint density at radius 1 is 1.04 bits per heavy atom. The maximum atomic E-state index is 12.8. The molecule has 5 heteroatoms. The van der Waals surface area contributed by atoms with Crippen LogP contribution in [-0.4, -0.2) is 18.4 Å². The summed E-state index contributed by atoms with van der Waals surface area (Å²) in [6, 6.07) is 4.86. The van der Waals surface area contributed by atoms with E-state index in [1.54, 1.807) is 17.0 Å².